The zero-order chi connectivity index (χ0) is 12.6. The van der Waals surface area contributed by atoms with E-state index in [1.54, 1.807) is 12.1 Å². The highest BCUT2D eigenvalue weighted by Crippen LogP contribution is 2.08. The molecule has 0 aliphatic carbocycles. The molecular formula is C14H18O4. The molecule has 4 heteroatoms. The van der Waals surface area contributed by atoms with E-state index in [4.69, 9.17) is 14.2 Å². The second-order valence-electron chi connectivity index (χ2n) is 4.21. The van der Waals surface area contributed by atoms with Gasteiger partial charge in [-0.2, -0.15) is 0 Å². The average Bonchev–Trinajstić information content (AvgIpc) is 2.45. The minimum absolute atomic E-state index is 0.147. The minimum atomic E-state index is -0.267. The highest BCUT2D eigenvalue weighted by molar-refractivity contribution is 5.89. The Hall–Kier alpha value is -1.39. The molecule has 0 bridgehead atoms. The van der Waals surface area contributed by atoms with Gasteiger partial charge in [0.1, 0.15) is 0 Å². The molecule has 0 saturated carbocycles. The highest BCUT2D eigenvalue weighted by Gasteiger charge is 2.14. The number of carbonyl (C=O) groups excluding carboxylic acids is 1. The van der Waals surface area contributed by atoms with Gasteiger partial charge in [-0.25, -0.2) is 4.79 Å². The van der Waals surface area contributed by atoms with Crippen molar-refractivity contribution in [2.45, 2.75) is 18.9 Å². The van der Waals surface area contributed by atoms with Crippen LogP contribution in [0.5, 0.6) is 0 Å². The van der Waals surface area contributed by atoms with Crippen LogP contribution in [0.1, 0.15) is 23.2 Å². The Kier molecular flexibility index (Phi) is 5.17. The van der Waals surface area contributed by atoms with Gasteiger partial charge in [0.05, 0.1) is 38.1 Å². The summed E-state index contributed by atoms with van der Waals surface area (Å²) in [5.41, 5.74) is 0.592. The summed E-state index contributed by atoms with van der Waals surface area (Å²) in [5.74, 6) is -0.267. The number of esters is 1. The van der Waals surface area contributed by atoms with Crippen molar-refractivity contribution < 1.29 is 19.0 Å². The Morgan fingerprint density at radius 1 is 1.28 bits per heavy atom. The van der Waals surface area contributed by atoms with Crippen LogP contribution in [0, 0.1) is 0 Å². The Morgan fingerprint density at radius 3 is 2.83 bits per heavy atom. The first-order valence-corrected chi connectivity index (χ1v) is 6.28. The van der Waals surface area contributed by atoms with Crippen molar-refractivity contribution in [2.24, 2.45) is 0 Å². The SMILES string of the molecule is O=C(OCCCC1COCCO1)c1ccccc1. The Labute approximate surface area is 107 Å². The monoisotopic (exact) mass is 250 g/mol. The third kappa shape index (κ3) is 4.13. The van der Waals surface area contributed by atoms with Crippen LogP contribution in [-0.4, -0.2) is 38.5 Å². The summed E-state index contributed by atoms with van der Waals surface area (Å²) >= 11 is 0. The zero-order valence-corrected chi connectivity index (χ0v) is 10.3. The van der Waals surface area contributed by atoms with E-state index in [9.17, 15) is 4.79 Å². The zero-order valence-electron chi connectivity index (χ0n) is 10.3. The topological polar surface area (TPSA) is 44.8 Å². The van der Waals surface area contributed by atoms with E-state index >= 15 is 0 Å². The summed E-state index contributed by atoms with van der Waals surface area (Å²) in [7, 11) is 0. The molecule has 98 valence electrons. The van der Waals surface area contributed by atoms with Crippen LogP contribution in [0.25, 0.3) is 0 Å². The molecule has 18 heavy (non-hydrogen) atoms. The molecule has 1 aromatic rings. The fraction of sp³-hybridized carbons (Fsp3) is 0.500. The van der Waals surface area contributed by atoms with Gasteiger partial charge < -0.3 is 14.2 Å². The van der Waals surface area contributed by atoms with Gasteiger partial charge in [0.25, 0.3) is 0 Å². The molecule has 0 radical (unpaired) electrons. The summed E-state index contributed by atoms with van der Waals surface area (Å²) in [4.78, 5) is 11.6. The molecule has 0 amide bonds. The van der Waals surface area contributed by atoms with Crippen molar-refractivity contribution >= 4 is 5.97 Å². The van der Waals surface area contributed by atoms with E-state index in [-0.39, 0.29) is 12.1 Å². The maximum absolute atomic E-state index is 11.6. The first-order valence-electron chi connectivity index (χ1n) is 6.28. The molecule has 1 unspecified atom stereocenters. The average molecular weight is 250 g/mol. The molecule has 0 aromatic heterocycles. The molecule has 1 saturated heterocycles. The lowest BCUT2D eigenvalue weighted by molar-refractivity contribution is -0.0921. The van der Waals surface area contributed by atoms with Gasteiger partial charge in [0.2, 0.25) is 0 Å². The summed E-state index contributed by atoms with van der Waals surface area (Å²) in [6.07, 6.45) is 1.81. The maximum atomic E-state index is 11.6. The van der Waals surface area contributed by atoms with Crippen molar-refractivity contribution in [1.82, 2.24) is 0 Å². The van der Waals surface area contributed by atoms with Gasteiger partial charge in [-0.3, -0.25) is 0 Å². The summed E-state index contributed by atoms with van der Waals surface area (Å²) in [6, 6.07) is 9.02. The fourth-order valence-electron chi connectivity index (χ4n) is 1.84. The molecule has 1 atom stereocenters. The highest BCUT2D eigenvalue weighted by atomic mass is 16.6. The van der Waals surface area contributed by atoms with Crippen LogP contribution in [-0.2, 0) is 14.2 Å². The van der Waals surface area contributed by atoms with Crippen LogP contribution in [0.3, 0.4) is 0 Å². The van der Waals surface area contributed by atoms with E-state index in [2.05, 4.69) is 0 Å². The number of rotatable bonds is 5. The van der Waals surface area contributed by atoms with Gasteiger partial charge in [-0.05, 0) is 25.0 Å². The van der Waals surface area contributed by atoms with Gasteiger partial charge in [-0.15, -0.1) is 0 Å². The van der Waals surface area contributed by atoms with Crippen LogP contribution in [0.15, 0.2) is 30.3 Å². The molecule has 2 rings (SSSR count). The molecule has 1 aromatic carbocycles. The quantitative estimate of drug-likeness (QED) is 0.592. The van der Waals surface area contributed by atoms with Crippen molar-refractivity contribution in [3.05, 3.63) is 35.9 Å². The summed E-state index contributed by atoms with van der Waals surface area (Å²) in [6.45, 7) is 2.41. The first kappa shape index (κ1) is 13.1. The van der Waals surface area contributed by atoms with Crippen molar-refractivity contribution in [1.29, 1.82) is 0 Å². The molecule has 4 nitrogen and oxygen atoms in total. The Morgan fingerprint density at radius 2 is 2.11 bits per heavy atom. The summed E-state index contributed by atoms with van der Waals surface area (Å²) < 4.78 is 16.0. The van der Waals surface area contributed by atoms with Gasteiger partial charge in [0.15, 0.2) is 0 Å². The predicted molar refractivity (Wildman–Crippen MR) is 66.5 cm³/mol. The van der Waals surface area contributed by atoms with Gasteiger partial charge >= 0.3 is 5.97 Å². The minimum Gasteiger partial charge on any atom is -0.462 e. The predicted octanol–water partition coefficient (Wildman–Crippen LogP) is 2.04. The largest absolute Gasteiger partial charge is 0.462 e. The molecule has 1 fully saturated rings. The number of hydrogen-bond acceptors (Lipinski definition) is 4. The third-order valence-electron chi connectivity index (χ3n) is 2.80. The second-order valence-corrected chi connectivity index (χ2v) is 4.21. The molecule has 0 N–H and O–H groups in total. The van der Waals surface area contributed by atoms with Crippen LogP contribution in [0.4, 0.5) is 0 Å². The fourth-order valence-corrected chi connectivity index (χ4v) is 1.84. The van der Waals surface area contributed by atoms with Gasteiger partial charge in [-0.1, -0.05) is 18.2 Å². The summed E-state index contributed by atoms with van der Waals surface area (Å²) in [5, 5.41) is 0. The molecule has 1 heterocycles. The van der Waals surface area contributed by atoms with E-state index < -0.39 is 0 Å². The van der Waals surface area contributed by atoms with E-state index in [1.807, 2.05) is 18.2 Å². The Balaban J connectivity index is 1.62. The van der Waals surface area contributed by atoms with Crippen molar-refractivity contribution in [3.8, 4) is 0 Å². The lowest BCUT2D eigenvalue weighted by Gasteiger charge is -2.22. The smallest absolute Gasteiger partial charge is 0.338 e. The van der Waals surface area contributed by atoms with E-state index in [1.165, 1.54) is 0 Å². The number of ether oxygens (including phenoxy) is 3. The molecular weight excluding hydrogens is 232 g/mol. The van der Waals surface area contributed by atoms with E-state index in [0.717, 1.165) is 12.8 Å². The molecule has 0 spiro atoms. The molecule has 1 aliphatic heterocycles. The normalized spacial score (nSPS) is 19.4. The molecule has 1 aliphatic rings. The second kappa shape index (κ2) is 7.13. The van der Waals surface area contributed by atoms with E-state index in [0.29, 0.717) is 32.0 Å². The lowest BCUT2D eigenvalue weighted by Crippen LogP contribution is -2.28. The standard InChI is InChI=1S/C14H18O4/c15-14(12-5-2-1-3-6-12)18-8-4-7-13-11-16-9-10-17-13/h1-3,5-6,13H,4,7-11H2. The first-order chi connectivity index (χ1) is 8.86. The lowest BCUT2D eigenvalue weighted by atomic mass is 10.2. The number of benzene rings is 1. The Bertz CT molecular complexity index is 357. The van der Waals surface area contributed by atoms with Gasteiger partial charge in [0, 0.05) is 0 Å². The van der Waals surface area contributed by atoms with Crippen LogP contribution in [0.2, 0.25) is 0 Å². The maximum Gasteiger partial charge on any atom is 0.338 e. The number of carbonyl (C=O) groups is 1. The third-order valence-corrected chi connectivity index (χ3v) is 2.80. The van der Waals surface area contributed by atoms with Crippen LogP contribution >= 0.6 is 0 Å². The van der Waals surface area contributed by atoms with Crippen LogP contribution < -0.4 is 0 Å². The van der Waals surface area contributed by atoms with Crippen molar-refractivity contribution in [3.63, 3.8) is 0 Å². The number of hydrogen-bond donors (Lipinski definition) is 0. The van der Waals surface area contributed by atoms with Crippen molar-refractivity contribution in [2.75, 3.05) is 26.4 Å².